The highest BCUT2D eigenvalue weighted by molar-refractivity contribution is 6.30. The average Bonchev–Trinajstić information content (AvgIpc) is 3.18. The normalized spacial score (nSPS) is 20.5. The van der Waals surface area contributed by atoms with Crippen molar-refractivity contribution in [1.29, 1.82) is 0 Å². The summed E-state index contributed by atoms with van der Waals surface area (Å²) in [7, 11) is 0. The van der Waals surface area contributed by atoms with Gasteiger partial charge in [-0.3, -0.25) is 0 Å². The van der Waals surface area contributed by atoms with Gasteiger partial charge in [-0.15, -0.1) is 10.2 Å². The van der Waals surface area contributed by atoms with Crippen LogP contribution in [0.25, 0.3) is 0 Å². The monoisotopic (exact) mass is 454 g/mol. The molecule has 3 aliphatic rings. The first-order valence-electron chi connectivity index (χ1n) is 11.7. The van der Waals surface area contributed by atoms with Gasteiger partial charge < -0.3 is 14.5 Å². The van der Waals surface area contributed by atoms with E-state index in [-0.39, 0.29) is 5.97 Å². The highest BCUT2D eigenvalue weighted by Crippen LogP contribution is 2.42. The summed E-state index contributed by atoms with van der Waals surface area (Å²) in [4.78, 5) is 16.7. The van der Waals surface area contributed by atoms with Gasteiger partial charge >= 0.3 is 5.97 Å². The van der Waals surface area contributed by atoms with Crippen LogP contribution in [0.3, 0.4) is 0 Å². The molecule has 1 spiro atoms. The van der Waals surface area contributed by atoms with Crippen molar-refractivity contribution in [3.63, 3.8) is 0 Å². The Labute approximate surface area is 194 Å². The van der Waals surface area contributed by atoms with Gasteiger partial charge in [-0.25, -0.2) is 4.79 Å². The predicted molar refractivity (Wildman–Crippen MR) is 125 cm³/mol. The Balaban J connectivity index is 1.13. The lowest BCUT2D eigenvalue weighted by molar-refractivity contribution is 0.0535. The van der Waals surface area contributed by atoms with Gasteiger partial charge in [0, 0.05) is 25.2 Å². The second-order valence-electron chi connectivity index (χ2n) is 9.71. The molecule has 4 heterocycles. The first-order chi connectivity index (χ1) is 15.4. The summed E-state index contributed by atoms with van der Waals surface area (Å²) in [5, 5.41) is 8.88. The summed E-state index contributed by atoms with van der Waals surface area (Å²) < 4.78 is 5.20. The molecular weight excluding hydrogens is 424 g/mol. The number of likely N-dealkylation sites (tertiary alicyclic amines) is 1. The Kier molecular flexibility index (Phi) is 5.84. The third-order valence-corrected chi connectivity index (χ3v) is 8.33. The number of carbonyl (C=O) groups is 1. The Hall–Kier alpha value is -2.18. The van der Waals surface area contributed by atoms with Crippen LogP contribution in [0, 0.1) is 19.3 Å². The quantitative estimate of drug-likeness (QED) is 0.640. The van der Waals surface area contributed by atoms with Gasteiger partial charge in [0.25, 0.3) is 0 Å². The average molecular weight is 455 g/mol. The van der Waals surface area contributed by atoms with Crippen LogP contribution in [0.15, 0.2) is 18.2 Å². The fourth-order valence-corrected chi connectivity index (χ4v) is 5.61. The van der Waals surface area contributed by atoms with Gasteiger partial charge in [-0.2, -0.15) is 0 Å². The molecule has 2 fully saturated rings. The van der Waals surface area contributed by atoms with Crippen LogP contribution >= 0.6 is 11.6 Å². The molecule has 1 aromatic heterocycles. The standard InChI is InChI=1S/C25H31ClN4O2/c1-17-15-22(27-28-23(17)26)30-13-8-25(9-14-30)6-11-29(12-7-25)10-5-19-3-4-20-21(18(19)2)16-32-24(20)31/h3-4,15H,5-14,16H2,1-2H3. The lowest BCUT2D eigenvalue weighted by Crippen LogP contribution is -2.47. The number of anilines is 1. The molecule has 0 aliphatic carbocycles. The number of aromatic nitrogens is 2. The maximum atomic E-state index is 11.8. The number of benzene rings is 1. The number of esters is 1. The lowest BCUT2D eigenvalue weighted by atomic mass is 9.71. The maximum Gasteiger partial charge on any atom is 0.338 e. The molecule has 0 atom stereocenters. The molecule has 1 aromatic carbocycles. The van der Waals surface area contributed by atoms with Crippen molar-refractivity contribution in [2.75, 3.05) is 37.6 Å². The van der Waals surface area contributed by atoms with Crippen molar-refractivity contribution in [2.24, 2.45) is 5.41 Å². The third kappa shape index (κ3) is 4.11. The zero-order valence-electron chi connectivity index (χ0n) is 19.0. The van der Waals surface area contributed by atoms with E-state index in [1.54, 1.807) is 0 Å². The van der Waals surface area contributed by atoms with Crippen LogP contribution in [0.5, 0.6) is 0 Å². The van der Waals surface area contributed by atoms with Crippen molar-refractivity contribution in [3.8, 4) is 0 Å². The summed E-state index contributed by atoms with van der Waals surface area (Å²) in [5.41, 5.74) is 5.87. The molecule has 2 saturated heterocycles. The van der Waals surface area contributed by atoms with Crippen LogP contribution in [0.1, 0.15) is 58.3 Å². The van der Waals surface area contributed by atoms with Crippen molar-refractivity contribution in [2.45, 2.75) is 52.6 Å². The zero-order valence-corrected chi connectivity index (χ0v) is 19.7. The molecule has 7 heteroatoms. The van der Waals surface area contributed by atoms with Crippen LogP contribution in [-0.2, 0) is 17.8 Å². The minimum absolute atomic E-state index is 0.180. The van der Waals surface area contributed by atoms with E-state index in [9.17, 15) is 4.79 Å². The molecule has 5 rings (SSSR count). The first-order valence-corrected chi connectivity index (χ1v) is 12.1. The predicted octanol–water partition coefficient (Wildman–Crippen LogP) is 4.34. The second kappa shape index (κ2) is 8.64. The fourth-order valence-electron chi connectivity index (χ4n) is 5.52. The van der Waals surface area contributed by atoms with Crippen LogP contribution in [-0.4, -0.2) is 53.8 Å². The number of rotatable bonds is 4. The summed E-state index contributed by atoms with van der Waals surface area (Å²) in [6.45, 7) is 10.1. The number of aryl methyl sites for hydroxylation is 1. The smallest absolute Gasteiger partial charge is 0.338 e. The number of halogens is 1. The van der Waals surface area contributed by atoms with Gasteiger partial charge in [0.05, 0.1) is 5.56 Å². The Morgan fingerprint density at radius 3 is 2.50 bits per heavy atom. The van der Waals surface area contributed by atoms with Crippen LogP contribution in [0.4, 0.5) is 5.82 Å². The highest BCUT2D eigenvalue weighted by atomic mass is 35.5. The third-order valence-electron chi connectivity index (χ3n) is 7.95. The number of carbonyl (C=O) groups excluding carboxylic acids is 1. The molecule has 32 heavy (non-hydrogen) atoms. The molecule has 0 saturated carbocycles. The molecule has 2 aromatic rings. The van der Waals surface area contributed by atoms with Gasteiger partial charge in [0.15, 0.2) is 11.0 Å². The number of nitrogens with zero attached hydrogens (tertiary/aromatic N) is 4. The van der Waals surface area contributed by atoms with Crippen molar-refractivity contribution < 1.29 is 9.53 Å². The molecule has 0 N–H and O–H groups in total. The van der Waals surface area contributed by atoms with Gasteiger partial charge in [0.2, 0.25) is 0 Å². The van der Waals surface area contributed by atoms with Gasteiger partial charge in [-0.05, 0) is 93.3 Å². The highest BCUT2D eigenvalue weighted by Gasteiger charge is 2.37. The number of ether oxygens (including phenoxy) is 1. The minimum atomic E-state index is -0.180. The van der Waals surface area contributed by atoms with E-state index in [4.69, 9.17) is 16.3 Å². The largest absolute Gasteiger partial charge is 0.457 e. The topological polar surface area (TPSA) is 58.6 Å². The van der Waals surface area contributed by atoms with Crippen LogP contribution < -0.4 is 4.90 Å². The van der Waals surface area contributed by atoms with Crippen LogP contribution in [0.2, 0.25) is 5.15 Å². The summed E-state index contributed by atoms with van der Waals surface area (Å²) >= 11 is 6.04. The number of piperidine rings is 2. The van der Waals surface area contributed by atoms with E-state index in [2.05, 4.69) is 39.1 Å². The first kappa shape index (κ1) is 21.7. The summed E-state index contributed by atoms with van der Waals surface area (Å²) in [6.07, 6.45) is 6.03. The molecule has 0 amide bonds. The zero-order chi connectivity index (χ0) is 22.3. The van der Waals surface area contributed by atoms with Gasteiger partial charge in [-0.1, -0.05) is 17.7 Å². The summed E-state index contributed by atoms with van der Waals surface area (Å²) in [6, 6.07) is 6.11. The van der Waals surface area contributed by atoms with E-state index in [0.29, 0.717) is 17.2 Å². The molecule has 3 aliphatic heterocycles. The Morgan fingerprint density at radius 1 is 1.06 bits per heavy atom. The fraction of sp³-hybridized carbons (Fsp3) is 0.560. The van der Waals surface area contributed by atoms with E-state index in [0.717, 1.165) is 48.6 Å². The molecular formula is C25H31ClN4O2. The SMILES string of the molecule is Cc1cc(N2CCC3(CCN(CCc4ccc5c(c4C)COC5=O)CC3)CC2)nnc1Cl. The number of cyclic esters (lactones) is 1. The molecule has 0 unspecified atom stereocenters. The van der Waals surface area contributed by atoms with Crippen molar-refractivity contribution in [3.05, 3.63) is 51.2 Å². The molecule has 0 bridgehead atoms. The maximum absolute atomic E-state index is 11.8. The van der Waals surface area contributed by atoms with Gasteiger partial charge in [0.1, 0.15) is 6.61 Å². The summed E-state index contributed by atoms with van der Waals surface area (Å²) in [5.74, 6) is 0.774. The number of hydrogen-bond acceptors (Lipinski definition) is 6. The van der Waals surface area contributed by atoms with Crippen molar-refractivity contribution in [1.82, 2.24) is 15.1 Å². The molecule has 170 valence electrons. The van der Waals surface area contributed by atoms with E-state index in [1.807, 2.05) is 13.0 Å². The minimum Gasteiger partial charge on any atom is -0.457 e. The van der Waals surface area contributed by atoms with E-state index < -0.39 is 0 Å². The van der Waals surface area contributed by atoms with E-state index in [1.165, 1.54) is 49.9 Å². The Morgan fingerprint density at radius 2 is 1.78 bits per heavy atom. The molecule has 6 nitrogen and oxygen atoms in total. The van der Waals surface area contributed by atoms with Crippen molar-refractivity contribution >= 4 is 23.4 Å². The number of hydrogen-bond donors (Lipinski definition) is 0. The lowest BCUT2D eigenvalue weighted by Gasteiger charge is -2.47. The second-order valence-corrected chi connectivity index (χ2v) is 10.1. The number of fused-ring (bicyclic) bond motifs is 1. The van der Waals surface area contributed by atoms with E-state index >= 15 is 0 Å². The Bertz CT molecular complexity index is 1020. The molecule has 0 radical (unpaired) electrons.